The van der Waals surface area contributed by atoms with Crippen molar-refractivity contribution in [1.29, 1.82) is 0 Å². The zero-order valence-corrected chi connectivity index (χ0v) is 14.7. The number of rotatable bonds is 1. The molecule has 0 saturated carbocycles. The monoisotopic (exact) mass is 414 g/mol. The largest absolute Gasteiger partial charge is 0.416 e. The maximum absolute atomic E-state index is 12.9. The highest BCUT2D eigenvalue weighted by atomic mass is 19.4. The van der Waals surface area contributed by atoms with Gasteiger partial charge in [-0.1, -0.05) is 11.6 Å². The van der Waals surface area contributed by atoms with Gasteiger partial charge in [-0.25, -0.2) is 4.99 Å². The van der Waals surface area contributed by atoms with Gasteiger partial charge in [0.05, 0.1) is 16.8 Å². The summed E-state index contributed by atoms with van der Waals surface area (Å²) in [5.74, 6) is -1.92. The Morgan fingerprint density at radius 3 is 2.14 bits per heavy atom. The average Bonchev–Trinajstić information content (AvgIpc) is 2.59. The number of aliphatic imine (C=N–C) groups is 1. The summed E-state index contributed by atoms with van der Waals surface area (Å²) < 4.78 is 77.6. The molecule has 0 fully saturated rings. The minimum absolute atomic E-state index is 0.0118. The molecule has 4 nitrogen and oxygen atoms in total. The molecule has 3 rings (SSSR count). The number of fused-ring (bicyclic) bond motifs is 1. The van der Waals surface area contributed by atoms with Crippen LogP contribution in [-0.2, 0) is 17.1 Å². The molecule has 0 aromatic heterocycles. The average molecular weight is 414 g/mol. The number of amides is 2. The Kier molecular flexibility index (Phi) is 4.97. The second kappa shape index (κ2) is 7.02. The molecule has 29 heavy (non-hydrogen) atoms. The number of alkyl halides is 6. The van der Waals surface area contributed by atoms with Crippen LogP contribution in [-0.4, -0.2) is 17.5 Å². The Balaban J connectivity index is 1.98. The quantitative estimate of drug-likeness (QED) is 0.691. The van der Waals surface area contributed by atoms with Gasteiger partial charge in [0.2, 0.25) is 5.91 Å². The summed E-state index contributed by atoms with van der Waals surface area (Å²) in [6, 6.07) is 0.572. The first-order valence-corrected chi connectivity index (χ1v) is 8.16. The van der Waals surface area contributed by atoms with Crippen LogP contribution < -0.4 is 5.32 Å². The van der Waals surface area contributed by atoms with Gasteiger partial charge in [0, 0.05) is 23.3 Å². The van der Waals surface area contributed by atoms with Gasteiger partial charge < -0.3 is 5.32 Å². The molecule has 1 aliphatic heterocycles. The lowest BCUT2D eigenvalue weighted by Gasteiger charge is -2.25. The van der Waals surface area contributed by atoms with Crippen LogP contribution in [0.2, 0.25) is 0 Å². The zero-order chi connectivity index (χ0) is 21.6. The van der Waals surface area contributed by atoms with Gasteiger partial charge in [0.15, 0.2) is 0 Å². The van der Waals surface area contributed by atoms with E-state index >= 15 is 0 Å². The molecular formula is C19H12F6N2O2. The van der Waals surface area contributed by atoms with Gasteiger partial charge >= 0.3 is 12.4 Å². The van der Waals surface area contributed by atoms with Crippen LogP contribution in [0.25, 0.3) is 0 Å². The fourth-order valence-electron chi connectivity index (χ4n) is 2.91. The van der Waals surface area contributed by atoms with Crippen molar-refractivity contribution < 1.29 is 35.9 Å². The van der Waals surface area contributed by atoms with Crippen LogP contribution in [0.1, 0.15) is 28.4 Å². The number of nitrogens with zero attached hydrogens (tertiary/aromatic N) is 1. The van der Waals surface area contributed by atoms with E-state index in [0.29, 0.717) is 17.8 Å². The third-order valence-electron chi connectivity index (χ3n) is 4.28. The number of carbonyl (C=O) groups excluding carboxylic acids is 2. The minimum Gasteiger partial charge on any atom is -0.325 e. The van der Waals surface area contributed by atoms with E-state index in [-0.39, 0.29) is 17.7 Å². The maximum Gasteiger partial charge on any atom is 0.416 e. The Bertz CT molecular complexity index is 980. The molecule has 2 aliphatic rings. The smallest absolute Gasteiger partial charge is 0.325 e. The van der Waals surface area contributed by atoms with Crippen LogP contribution in [0.15, 0.2) is 58.8 Å². The van der Waals surface area contributed by atoms with Crippen molar-refractivity contribution in [2.24, 2.45) is 10.9 Å². The second-order valence-corrected chi connectivity index (χ2v) is 6.45. The maximum atomic E-state index is 12.9. The standard InChI is InChI=1S/C19H12F6N2O2/c1-9-4-16(28)27-15-8-13(2-3-14(9)15)26-17(29)10-5-11(18(20,21)22)7-12(6-10)19(23,24)25/h2-8,14H,1H3,(H,27,28). The molecule has 1 unspecified atom stereocenters. The van der Waals surface area contributed by atoms with Crippen molar-refractivity contribution in [1.82, 2.24) is 5.32 Å². The van der Waals surface area contributed by atoms with Gasteiger partial charge in [-0.05, 0) is 37.3 Å². The summed E-state index contributed by atoms with van der Waals surface area (Å²) in [6.45, 7) is 1.72. The number of allylic oxidation sites excluding steroid dienone is 3. The van der Waals surface area contributed by atoms with Crippen LogP contribution in [0.5, 0.6) is 0 Å². The zero-order valence-electron chi connectivity index (χ0n) is 14.7. The van der Waals surface area contributed by atoms with Gasteiger partial charge in [-0.3, -0.25) is 9.59 Å². The predicted octanol–water partition coefficient (Wildman–Crippen LogP) is 4.45. The van der Waals surface area contributed by atoms with E-state index in [1.54, 1.807) is 13.0 Å². The van der Waals surface area contributed by atoms with Gasteiger partial charge in [0.25, 0.3) is 5.91 Å². The highest BCUT2D eigenvalue weighted by Gasteiger charge is 2.37. The van der Waals surface area contributed by atoms with Crippen LogP contribution in [0.3, 0.4) is 0 Å². The molecule has 0 saturated heterocycles. The van der Waals surface area contributed by atoms with E-state index in [1.807, 2.05) is 0 Å². The number of nitrogens with one attached hydrogen (secondary N) is 1. The van der Waals surface area contributed by atoms with Crippen LogP contribution in [0, 0.1) is 5.92 Å². The van der Waals surface area contributed by atoms with Crippen molar-refractivity contribution in [3.8, 4) is 0 Å². The number of carbonyl (C=O) groups is 2. The van der Waals surface area contributed by atoms with Crippen molar-refractivity contribution in [2.75, 3.05) is 0 Å². The second-order valence-electron chi connectivity index (χ2n) is 6.45. The SMILES string of the molecule is CC1=CC(=O)NC2=CC(=NC(=O)c3cc(C(F)(F)F)cc(C(F)(F)F)c3)C=CC12. The molecular weight excluding hydrogens is 402 g/mol. The summed E-state index contributed by atoms with van der Waals surface area (Å²) in [5, 5.41) is 2.55. The lowest BCUT2D eigenvalue weighted by Crippen LogP contribution is -2.32. The Hall–Kier alpha value is -3.17. The van der Waals surface area contributed by atoms with E-state index < -0.39 is 40.9 Å². The molecule has 10 heteroatoms. The molecule has 0 bridgehead atoms. The third-order valence-corrected chi connectivity index (χ3v) is 4.28. The van der Waals surface area contributed by atoms with E-state index in [0.717, 1.165) is 5.57 Å². The highest BCUT2D eigenvalue weighted by Crippen LogP contribution is 2.36. The van der Waals surface area contributed by atoms with Crippen molar-refractivity contribution in [3.05, 3.63) is 70.5 Å². The van der Waals surface area contributed by atoms with E-state index in [1.165, 1.54) is 18.2 Å². The van der Waals surface area contributed by atoms with Gasteiger partial charge in [-0.2, -0.15) is 26.3 Å². The van der Waals surface area contributed by atoms with Crippen LogP contribution >= 0.6 is 0 Å². The molecule has 2 amide bonds. The summed E-state index contributed by atoms with van der Waals surface area (Å²) in [7, 11) is 0. The van der Waals surface area contributed by atoms with Gasteiger partial charge in [-0.15, -0.1) is 0 Å². The highest BCUT2D eigenvalue weighted by molar-refractivity contribution is 6.14. The number of halogens is 6. The first-order chi connectivity index (χ1) is 13.3. The summed E-state index contributed by atoms with van der Waals surface area (Å²) >= 11 is 0. The Morgan fingerprint density at radius 1 is 1.00 bits per heavy atom. The fraction of sp³-hybridized carbons (Fsp3) is 0.211. The number of benzene rings is 1. The molecule has 0 radical (unpaired) electrons. The molecule has 1 atom stereocenters. The third kappa shape index (κ3) is 4.47. The minimum atomic E-state index is -5.07. The topological polar surface area (TPSA) is 58.5 Å². The number of hydrogen-bond donors (Lipinski definition) is 1. The first kappa shape index (κ1) is 20.6. The normalized spacial score (nSPS) is 20.7. The van der Waals surface area contributed by atoms with E-state index in [4.69, 9.17) is 0 Å². The Morgan fingerprint density at radius 2 is 1.59 bits per heavy atom. The summed E-state index contributed by atoms with van der Waals surface area (Å²) in [5.41, 5.74) is -2.93. The predicted molar refractivity (Wildman–Crippen MR) is 90.8 cm³/mol. The van der Waals surface area contributed by atoms with E-state index in [9.17, 15) is 35.9 Å². The summed E-state index contributed by atoms with van der Waals surface area (Å²) in [6.07, 6.45) is -4.39. The number of hydrogen-bond acceptors (Lipinski definition) is 2. The fourth-order valence-corrected chi connectivity index (χ4v) is 2.91. The lowest BCUT2D eigenvalue weighted by molar-refractivity contribution is -0.143. The molecule has 0 spiro atoms. The molecule has 1 aromatic carbocycles. The van der Waals surface area contributed by atoms with Crippen molar-refractivity contribution in [3.63, 3.8) is 0 Å². The van der Waals surface area contributed by atoms with Crippen LogP contribution in [0.4, 0.5) is 26.3 Å². The molecule has 1 N–H and O–H groups in total. The Labute approximate surface area is 160 Å². The molecule has 1 aromatic rings. The van der Waals surface area contributed by atoms with Gasteiger partial charge in [0.1, 0.15) is 0 Å². The van der Waals surface area contributed by atoms with Crippen molar-refractivity contribution in [2.45, 2.75) is 19.3 Å². The molecule has 152 valence electrons. The van der Waals surface area contributed by atoms with Crippen molar-refractivity contribution >= 4 is 17.5 Å². The first-order valence-electron chi connectivity index (χ1n) is 8.16. The van der Waals surface area contributed by atoms with E-state index in [2.05, 4.69) is 10.3 Å². The lowest BCUT2D eigenvalue weighted by atomic mass is 9.89. The molecule has 1 heterocycles. The summed E-state index contributed by atoms with van der Waals surface area (Å²) in [4.78, 5) is 27.4. The molecule has 1 aliphatic carbocycles.